The first-order chi connectivity index (χ1) is 12.2. The highest BCUT2D eigenvalue weighted by atomic mass is 32.2. The van der Waals surface area contributed by atoms with Gasteiger partial charge >= 0.3 is 11.9 Å². The predicted molar refractivity (Wildman–Crippen MR) is 89.2 cm³/mol. The number of hydrogen-bond acceptors (Lipinski definition) is 8. The van der Waals surface area contributed by atoms with Gasteiger partial charge in [0.1, 0.15) is 22.9 Å². The number of nitrogens with one attached hydrogen (secondary N) is 1. The number of rotatable bonds is 7. The highest BCUT2D eigenvalue weighted by Crippen LogP contribution is 2.18. The van der Waals surface area contributed by atoms with Gasteiger partial charge in [-0.05, 0) is 45.0 Å². The molecule has 0 bridgehead atoms. The van der Waals surface area contributed by atoms with E-state index in [0.29, 0.717) is 5.56 Å². The van der Waals surface area contributed by atoms with Crippen molar-refractivity contribution in [1.29, 1.82) is 0 Å². The first-order valence-corrected chi connectivity index (χ1v) is 9.13. The summed E-state index contributed by atoms with van der Waals surface area (Å²) in [6, 6.07) is 5.70. The van der Waals surface area contributed by atoms with E-state index in [2.05, 4.69) is 9.88 Å². The van der Waals surface area contributed by atoms with Crippen molar-refractivity contribution in [2.24, 2.45) is 0 Å². The summed E-state index contributed by atoms with van der Waals surface area (Å²) < 4.78 is 41.2. The quantitative estimate of drug-likeness (QED) is 0.562. The molecular formula is C16H18N2O7S. The molecule has 0 saturated heterocycles. The largest absolute Gasteiger partial charge is 0.462 e. The molecule has 0 atom stereocenters. The molecule has 0 radical (unpaired) electrons. The molecule has 0 amide bonds. The minimum absolute atomic E-state index is 0.107. The van der Waals surface area contributed by atoms with Crippen LogP contribution in [-0.4, -0.2) is 38.7 Å². The van der Waals surface area contributed by atoms with Crippen molar-refractivity contribution in [2.75, 3.05) is 13.2 Å². The molecule has 0 spiro atoms. The summed E-state index contributed by atoms with van der Waals surface area (Å²) in [6.07, 6.45) is 0. The number of carbonyl (C=O) groups excluding carboxylic acids is 2. The van der Waals surface area contributed by atoms with E-state index >= 15 is 0 Å². The van der Waals surface area contributed by atoms with Gasteiger partial charge in [0.25, 0.3) is 0 Å². The molecule has 0 aliphatic heterocycles. The molecule has 0 aliphatic rings. The smallest absolute Gasteiger partial charge is 0.338 e. The lowest BCUT2D eigenvalue weighted by molar-refractivity contribution is -0.133. The van der Waals surface area contributed by atoms with Crippen molar-refractivity contribution in [3.63, 3.8) is 0 Å². The fourth-order valence-corrected chi connectivity index (χ4v) is 3.42. The normalized spacial score (nSPS) is 11.2. The van der Waals surface area contributed by atoms with Crippen LogP contribution in [0.3, 0.4) is 0 Å². The van der Waals surface area contributed by atoms with Gasteiger partial charge in [-0.3, -0.25) is 4.79 Å². The van der Waals surface area contributed by atoms with Gasteiger partial charge in [-0.15, -0.1) is 0 Å². The van der Waals surface area contributed by atoms with E-state index in [1.54, 1.807) is 6.92 Å². The summed E-state index contributed by atoms with van der Waals surface area (Å²) in [4.78, 5) is 23.3. The summed E-state index contributed by atoms with van der Waals surface area (Å²) in [5.41, 5.74) is 0.503. The van der Waals surface area contributed by atoms with Crippen LogP contribution in [0.4, 0.5) is 0 Å². The molecule has 1 N–H and O–H groups in total. The second-order valence-corrected chi connectivity index (χ2v) is 6.90. The minimum Gasteiger partial charge on any atom is -0.462 e. The van der Waals surface area contributed by atoms with Gasteiger partial charge < -0.3 is 14.0 Å². The van der Waals surface area contributed by atoms with Gasteiger partial charge in [0.15, 0.2) is 5.76 Å². The molecule has 0 fully saturated rings. The summed E-state index contributed by atoms with van der Waals surface area (Å²) in [6.45, 7) is 4.30. The molecule has 1 aromatic carbocycles. The number of sulfonamides is 1. The Kier molecular flexibility index (Phi) is 6.11. The molecule has 1 heterocycles. The van der Waals surface area contributed by atoms with Crippen LogP contribution >= 0.6 is 0 Å². The Morgan fingerprint density at radius 1 is 1.19 bits per heavy atom. The standard InChI is InChI=1S/C16H18N2O7S/c1-4-23-16(20)12-5-7-13(8-6-12)24-14(19)9-17-26(21,22)15-10(2)18-25-11(15)3/h5-8,17H,4,9H2,1-3H3. The lowest BCUT2D eigenvalue weighted by atomic mass is 10.2. The highest BCUT2D eigenvalue weighted by Gasteiger charge is 2.25. The SMILES string of the molecule is CCOC(=O)c1ccc(OC(=O)CNS(=O)(=O)c2c(C)noc2C)cc1. The van der Waals surface area contributed by atoms with E-state index < -0.39 is 28.5 Å². The number of aryl methyl sites for hydroxylation is 2. The topological polar surface area (TPSA) is 125 Å². The number of hydrogen-bond donors (Lipinski definition) is 1. The molecule has 2 aromatic rings. The molecule has 1 aromatic heterocycles. The number of aromatic nitrogens is 1. The predicted octanol–water partition coefficient (Wildman–Crippen LogP) is 1.35. The molecule has 0 saturated carbocycles. The fraction of sp³-hybridized carbons (Fsp3) is 0.312. The fourth-order valence-electron chi connectivity index (χ4n) is 2.13. The molecule has 9 nitrogen and oxygen atoms in total. The molecule has 10 heteroatoms. The van der Waals surface area contributed by atoms with Crippen LogP contribution in [0, 0.1) is 13.8 Å². The van der Waals surface area contributed by atoms with Crippen LogP contribution in [-0.2, 0) is 19.6 Å². The molecule has 140 valence electrons. The third-order valence-electron chi connectivity index (χ3n) is 3.24. The lowest BCUT2D eigenvalue weighted by Gasteiger charge is -2.07. The summed E-state index contributed by atoms with van der Waals surface area (Å²) in [5.74, 6) is -1.01. The van der Waals surface area contributed by atoms with Crippen LogP contribution < -0.4 is 9.46 Å². The van der Waals surface area contributed by atoms with Gasteiger partial charge in [-0.2, -0.15) is 4.72 Å². The summed E-state index contributed by atoms with van der Waals surface area (Å²) >= 11 is 0. The van der Waals surface area contributed by atoms with E-state index in [0.717, 1.165) is 0 Å². The Balaban J connectivity index is 1.96. The van der Waals surface area contributed by atoms with E-state index in [1.165, 1.54) is 38.1 Å². The lowest BCUT2D eigenvalue weighted by Crippen LogP contribution is -2.32. The molecule has 0 unspecified atom stereocenters. The zero-order valence-corrected chi connectivity index (χ0v) is 15.3. The molecular weight excluding hydrogens is 364 g/mol. The molecule has 2 rings (SSSR count). The first-order valence-electron chi connectivity index (χ1n) is 7.65. The van der Waals surface area contributed by atoms with E-state index in [1.807, 2.05) is 0 Å². The van der Waals surface area contributed by atoms with Crippen LogP contribution in [0.15, 0.2) is 33.7 Å². The number of carbonyl (C=O) groups is 2. The van der Waals surface area contributed by atoms with Gasteiger partial charge in [-0.25, -0.2) is 13.2 Å². The number of nitrogens with zero attached hydrogens (tertiary/aromatic N) is 1. The maximum Gasteiger partial charge on any atom is 0.338 e. The Morgan fingerprint density at radius 3 is 2.38 bits per heavy atom. The van der Waals surface area contributed by atoms with Crippen molar-refractivity contribution in [3.05, 3.63) is 41.3 Å². The first kappa shape index (κ1) is 19.6. The van der Waals surface area contributed by atoms with Gasteiger partial charge in [0, 0.05) is 0 Å². The second kappa shape index (κ2) is 8.11. The van der Waals surface area contributed by atoms with E-state index in [-0.39, 0.29) is 28.7 Å². The maximum atomic E-state index is 12.2. The van der Waals surface area contributed by atoms with Crippen molar-refractivity contribution in [1.82, 2.24) is 9.88 Å². The van der Waals surface area contributed by atoms with Crippen LogP contribution in [0.25, 0.3) is 0 Å². The second-order valence-electron chi connectivity index (χ2n) is 5.20. The average molecular weight is 382 g/mol. The zero-order chi connectivity index (χ0) is 19.3. The number of ether oxygens (including phenoxy) is 2. The number of esters is 2. The molecule has 26 heavy (non-hydrogen) atoms. The van der Waals surface area contributed by atoms with E-state index in [4.69, 9.17) is 14.0 Å². The highest BCUT2D eigenvalue weighted by molar-refractivity contribution is 7.89. The van der Waals surface area contributed by atoms with Crippen LogP contribution in [0.1, 0.15) is 28.7 Å². The number of benzene rings is 1. The van der Waals surface area contributed by atoms with Crippen LogP contribution in [0.2, 0.25) is 0 Å². The maximum absolute atomic E-state index is 12.2. The van der Waals surface area contributed by atoms with Gasteiger partial charge in [-0.1, -0.05) is 5.16 Å². The zero-order valence-electron chi connectivity index (χ0n) is 14.4. The average Bonchev–Trinajstić information content (AvgIpc) is 2.93. The molecule has 0 aliphatic carbocycles. The Morgan fingerprint density at radius 2 is 1.85 bits per heavy atom. The Hall–Kier alpha value is -2.72. The monoisotopic (exact) mass is 382 g/mol. The third-order valence-corrected chi connectivity index (χ3v) is 4.88. The van der Waals surface area contributed by atoms with Crippen LogP contribution in [0.5, 0.6) is 5.75 Å². The summed E-state index contributed by atoms with van der Waals surface area (Å²) in [5, 5.41) is 3.56. The van der Waals surface area contributed by atoms with Crippen molar-refractivity contribution in [3.8, 4) is 5.75 Å². The van der Waals surface area contributed by atoms with Gasteiger partial charge in [0.2, 0.25) is 10.0 Å². The Bertz CT molecular complexity index is 882. The Labute approximate surface area is 150 Å². The summed E-state index contributed by atoms with van der Waals surface area (Å²) in [7, 11) is -3.96. The van der Waals surface area contributed by atoms with E-state index in [9.17, 15) is 18.0 Å². The third kappa shape index (κ3) is 4.67. The van der Waals surface area contributed by atoms with Crippen molar-refractivity contribution < 1.29 is 32.0 Å². The van der Waals surface area contributed by atoms with Gasteiger partial charge in [0.05, 0.1) is 12.2 Å². The van der Waals surface area contributed by atoms with Crippen molar-refractivity contribution >= 4 is 22.0 Å². The minimum atomic E-state index is -3.96. The van der Waals surface area contributed by atoms with Crippen molar-refractivity contribution in [2.45, 2.75) is 25.7 Å².